The molecule has 0 aromatic heterocycles. The summed E-state index contributed by atoms with van der Waals surface area (Å²) in [6.07, 6.45) is 51.2. The van der Waals surface area contributed by atoms with E-state index < -0.39 is 0 Å². The van der Waals surface area contributed by atoms with E-state index in [9.17, 15) is 0 Å². The van der Waals surface area contributed by atoms with Crippen LogP contribution in [0.3, 0.4) is 0 Å². The summed E-state index contributed by atoms with van der Waals surface area (Å²) in [5.74, 6) is 0. The minimum atomic E-state index is -0.140. The number of hydrogen-bond acceptors (Lipinski definition) is 3. The molecule has 0 aliphatic carbocycles. The molecular weight excluding hydrogens is 1380 g/mol. The van der Waals surface area contributed by atoms with Gasteiger partial charge in [0.2, 0.25) is 0 Å². The zero-order chi connectivity index (χ0) is 79.0. The van der Waals surface area contributed by atoms with Crippen molar-refractivity contribution in [3.63, 3.8) is 0 Å². The molecule has 0 saturated carbocycles. The normalized spacial score (nSPS) is 11.9. The van der Waals surface area contributed by atoms with Crippen molar-refractivity contribution in [2.24, 2.45) is 0 Å². The monoisotopic (exact) mass is 1510 g/mol. The van der Waals surface area contributed by atoms with Crippen LogP contribution in [0.2, 0.25) is 0 Å². The molecule has 13 aromatic rings. The van der Waals surface area contributed by atoms with Crippen molar-refractivity contribution in [1.29, 1.82) is 0 Å². The molecule has 0 atom stereocenters. The first-order chi connectivity index (χ1) is 56.1. The van der Waals surface area contributed by atoms with Gasteiger partial charge in [0.1, 0.15) is 0 Å². The molecule has 0 spiro atoms. The zero-order valence-corrected chi connectivity index (χ0v) is 70.7. The lowest BCUT2D eigenvalue weighted by molar-refractivity contribution is 0.607. The molecule has 13 aromatic carbocycles. The third-order valence-corrected chi connectivity index (χ3v) is 25.7. The van der Waals surface area contributed by atoms with E-state index in [1.807, 2.05) is 0 Å². The Morgan fingerprint density at radius 1 is 0.158 bits per heavy atom. The first kappa shape index (κ1) is 83.2. The third-order valence-electron chi connectivity index (χ3n) is 25.7. The van der Waals surface area contributed by atoms with Crippen molar-refractivity contribution >= 4 is 64.6 Å². The Hall–Kier alpha value is -8.79. The maximum atomic E-state index is 16.8. The number of rotatable bonds is 48. The van der Waals surface area contributed by atoms with E-state index in [-0.39, 0.29) is 16.3 Å². The summed E-state index contributed by atoms with van der Waals surface area (Å²) in [6, 6.07) is 68.3. The molecule has 0 radical (unpaired) electrons. The molecule has 594 valence electrons. The average molecular weight is 1510 g/mol. The van der Waals surface area contributed by atoms with Gasteiger partial charge in [-0.3, -0.25) is 14.4 Å². The van der Waals surface area contributed by atoms with Crippen LogP contribution in [0, 0.1) is 0 Å². The molecule has 0 aliphatic heterocycles. The lowest BCUT2D eigenvalue weighted by Crippen LogP contribution is -2.00. The summed E-state index contributed by atoms with van der Waals surface area (Å²) < 4.78 is 0. The Morgan fingerprint density at radius 3 is 0.456 bits per heavy atom. The molecule has 0 unspecified atom stereocenters. The van der Waals surface area contributed by atoms with E-state index >= 15 is 14.4 Å². The summed E-state index contributed by atoms with van der Waals surface area (Å²) in [5, 5.41) is 7.34. The molecule has 114 heavy (non-hydrogen) atoms. The van der Waals surface area contributed by atoms with Crippen molar-refractivity contribution in [2.45, 2.75) is 311 Å². The summed E-state index contributed by atoms with van der Waals surface area (Å²) in [4.78, 5) is 50.5. The van der Waals surface area contributed by atoms with Gasteiger partial charge in [0.15, 0.2) is 16.3 Å². The van der Waals surface area contributed by atoms with E-state index in [0.717, 1.165) is 160 Å². The largest absolute Gasteiger partial charge is 0.289 e. The van der Waals surface area contributed by atoms with Crippen molar-refractivity contribution in [3.8, 4) is 66.8 Å². The maximum absolute atomic E-state index is 16.8. The van der Waals surface area contributed by atoms with Crippen molar-refractivity contribution < 1.29 is 0 Å². The average Bonchev–Trinajstić information content (AvgIpc) is 1.51. The van der Waals surface area contributed by atoms with Gasteiger partial charge in [-0.05, 0) is 230 Å². The third kappa shape index (κ3) is 20.2. The lowest BCUT2D eigenvalue weighted by atomic mass is 9.90. The summed E-state index contributed by atoms with van der Waals surface area (Å²) in [7, 11) is 0. The fraction of sp³-hybridized carbons (Fsp3) is 0.432. The predicted molar refractivity (Wildman–Crippen MR) is 499 cm³/mol. The highest BCUT2D eigenvalue weighted by molar-refractivity contribution is 6.43. The number of benzene rings is 10. The Labute approximate surface area is 684 Å². The van der Waals surface area contributed by atoms with Crippen LogP contribution in [0.25, 0.3) is 131 Å². The highest BCUT2D eigenvalue weighted by atomic mass is 16.1. The molecule has 13 rings (SSSR count). The van der Waals surface area contributed by atoms with Gasteiger partial charge in [-0.1, -0.05) is 380 Å². The molecular formula is C111H132O3. The molecule has 0 heterocycles. The van der Waals surface area contributed by atoms with Crippen LogP contribution in [0.15, 0.2) is 196 Å². The second kappa shape index (κ2) is 42.2. The van der Waals surface area contributed by atoms with E-state index in [4.69, 9.17) is 0 Å². The fourth-order valence-corrected chi connectivity index (χ4v) is 18.8. The Bertz CT molecular complexity index is 4790. The van der Waals surface area contributed by atoms with E-state index in [1.54, 1.807) is 0 Å². The van der Waals surface area contributed by atoms with Crippen molar-refractivity contribution in [2.75, 3.05) is 0 Å². The lowest BCUT2D eigenvalue weighted by Gasteiger charge is -2.14. The van der Waals surface area contributed by atoms with Gasteiger partial charge in [0.25, 0.3) is 0 Å². The zero-order valence-electron chi connectivity index (χ0n) is 70.7. The van der Waals surface area contributed by atoms with Gasteiger partial charge in [-0.2, -0.15) is 0 Å². The van der Waals surface area contributed by atoms with Crippen molar-refractivity contribution in [1.82, 2.24) is 0 Å². The quantitative estimate of drug-likeness (QED) is 0.0357. The van der Waals surface area contributed by atoms with Gasteiger partial charge in [-0.25, -0.2) is 0 Å². The molecule has 0 saturated heterocycles. The molecule has 0 bridgehead atoms. The van der Waals surface area contributed by atoms with Gasteiger partial charge < -0.3 is 0 Å². The molecule has 3 nitrogen and oxygen atoms in total. The predicted octanol–water partition coefficient (Wildman–Crippen LogP) is 32.4. The first-order valence-electron chi connectivity index (χ1n) is 46.1. The maximum Gasteiger partial charge on any atom is 0.194 e. The first-order valence-corrected chi connectivity index (χ1v) is 46.1. The SMILES string of the molecule is CCCCCCCCc1ccc(-c2cc3c(=O)c4c(c3cc2-c2ccc(CCCCCCCC)cc2)c2c(=O)c3cc(-c5ccc(CCCCCCCC)cc5)c(-c5ccc(CCCCCCCC)cc5)cc3c2c2c(=O)c3cc(-c5ccc(CCCCCCCC)cc5)c(-c5ccc(CCCCCCCC)cc5)cc3c42)cc1. The van der Waals surface area contributed by atoms with Crippen LogP contribution < -0.4 is 16.3 Å². The molecule has 3 heteroatoms. The Kier molecular flexibility index (Phi) is 30.8. The summed E-state index contributed by atoms with van der Waals surface area (Å²) in [5.41, 5.74) is 19.9. The number of fused-ring (bicyclic) bond motifs is 12. The van der Waals surface area contributed by atoms with Crippen LogP contribution in [0.4, 0.5) is 0 Å². The van der Waals surface area contributed by atoms with Gasteiger partial charge >= 0.3 is 0 Å². The van der Waals surface area contributed by atoms with Gasteiger partial charge in [0.05, 0.1) is 0 Å². The van der Waals surface area contributed by atoms with Crippen LogP contribution >= 0.6 is 0 Å². The van der Waals surface area contributed by atoms with Crippen LogP contribution in [-0.4, -0.2) is 0 Å². The van der Waals surface area contributed by atoms with Gasteiger partial charge in [0, 0.05) is 48.5 Å². The highest BCUT2D eigenvalue weighted by Gasteiger charge is 2.30. The number of hydrogen-bond donors (Lipinski definition) is 0. The molecule has 0 aliphatic rings. The van der Waals surface area contributed by atoms with Crippen LogP contribution in [-0.2, 0) is 38.5 Å². The Morgan fingerprint density at radius 2 is 0.298 bits per heavy atom. The smallest absolute Gasteiger partial charge is 0.194 e. The minimum absolute atomic E-state index is 0.140. The second-order valence-corrected chi connectivity index (χ2v) is 34.4. The van der Waals surface area contributed by atoms with Crippen LogP contribution in [0.5, 0.6) is 0 Å². The number of unbranched alkanes of at least 4 members (excludes halogenated alkanes) is 30. The van der Waals surface area contributed by atoms with E-state index in [2.05, 4.69) is 224 Å². The summed E-state index contributed by atoms with van der Waals surface area (Å²) in [6.45, 7) is 13.7. The highest BCUT2D eigenvalue weighted by Crippen LogP contribution is 2.49. The van der Waals surface area contributed by atoms with Crippen LogP contribution in [0.1, 0.15) is 306 Å². The topological polar surface area (TPSA) is 51.2 Å². The molecule has 0 N–H and O–H groups in total. The van der Waals surface area contributed by atoms with Crippen molar-refractivity contribution in [3.05, 3.63) is 246 Å². The molecule has 0 amide bonds. The number of aryl methyl sites for hydroxylation is 6. The minimum Gasteiger partial charge on any atom is -0.289 e. The standard InChI is InChI=1S/C111H132O3/c1-7-13-19-25-31-37-43-79-49-61-85(62-50-79)91-73-97-100(76-94(91)88-67-55-82(56-68-88)46-40-34-28-22-16-10-4)109(112)106-103(97)107-105(98-74-92(86-63-51-80(52-64-86)44-38-32-26-20-14-8-2)95(77-101(98)110(107)113)89-69-57-83(58-70-89)47-41-35-29-23-17-11-5)108-104(106)99-75-93(87-65-53-81(54-66-87)45-39-33-27-21-15-9-3)96(78-102(99)111(108)114)90-71-59-84(60-72-90)48-42-36-30-24-18-12-6/h49-78H,7-48H2,1-6H3. The molecule has 0 fully saturated rings. The van der Waals surface area contributed by atoms with E-state index in [0.29, 0.717) is 48.5 Å². The fourth-order valence-electron chi connectivity index (χ4n) is 18.8. The second-order valence-electron chi connectivity index (χ2n) is 34.4. The van der Waals surface area contributed by atoms with E-state index in [1.165, 1.54) is 226 Å². The summed E-state index contributed by atoms with van der Waals surface area (Å²) >= 11 is 0. The van der Waals surface area contributed by atoms with Gasteiger partial charge in [-0.15, -0.1) is 0 Å². The Balaban J connectivity index is 1.06.